The van der Waals surface area contributed by atoms with Gasteiger partial charge in [0.15, 0.2) is 6.61 Å². The Balaban J connectivity index is 1.32. The Bertz CT molecular complexity index is 1230. The van der Waals surface area contributed by atoms with Crippen molar-refractivity contribution in [2.45, 2.75) is 6.42 Å². The SMILES string of the molecule is CN(C)c1ccc(C=NN2C(=O)C3C4C=CC(C4)C3C2=O)c(OCC(=O)Nc2cccc(F)c2)c1. The highest BCUT2D eigenvalue weighted by Crippen LogP contribution is 2.52. The van der Waals surface area contributed by atoms with Crippen LogP contribution in [0.2, 0.25) is 0 Å². The van der Waals surface area contributed by atoms with E-state index in [-0.39, 0.29) is 42.1 Å². The first kappa shape index (κ1) is 22.8. The van der Waals surface area contributed by atoms with Crippen LogP contribution in [0.5, 0.6) is 5.75 Å². The average molecular weight is 477 g/mol. The number of allylic oxidation sites excluding steroid dienone is 2. The monoisotopic (exact) mass is 476 g/mol. The van der Waals surface area contributed by atoms with Gasteiger partial charge in [-0.2, -0.15) is 10.1 Å². The Labute approximate surface area is 202 Å². The van der Waals surface area contributed by atoms with Crippen molar-refractivity contribution in [3.63, 3.8) is 0 Å². The van der Waals surface area contributed by atoms with E-state index in [0.717, 1.165) is 17.1 Å². The zero-order valence-corrected chi connectivity index (χ0v) is 19.3. The summed E-state index contributed by atoms with van der Waals surface area (Å²) in [5.74, 6) is -1.54. The maximum atomic E-state index is 13.4. The quantitative estimate of drug-likeness (QED) is 0.377. The zero-order chi connectivity index (χ0) is 24.7. The van der Waals surface area contributed by atoms with Gasteiger partial charge in [-0.05, 0) is 48.6 Å². The molecule has 4 atom stereocenters. The number of ether oxygens (including phenoxy) is 1. The topological polar surface area (TPSA) is 91.3 Å². The minimum Gasteiger partial charge on any atom is -0.483 e. The Morgan fingerprint density at radius 2 is 1.86 bits per heavy atom. The number of hydrogen-bond acceptors (Lipinski definition) is 6. The molecule has 5 rings (SSSR count). The summed E-state index contributed by atoms with van der Waals surface area (Å²) in [6.45, 7) is -0.324. The molecule has 1 aliphatic heterocycles. The second-order valence-corrected chi connectivity index (χ2v) is 9.20. The largest absolute Gasteiger partial charge is 0.483 e. The van der Waals surface area contributed by atoms with E-state index < -0.39 is 11.7 Å². The molecule has 3 aliphatic rings. The maximum Gasteiger partial charge on any atom is 0.262 e. The first-order chi connectivity index (χ1) is 16.8. The van der Waals surface area contributed by atoms with Crippen molar-refractivity contribution in [2.75, 3.05) is 30.9 Å². The van der Waals surface area contributed by atoms with E-state index in [1.54, 1.807) is 18.2 Å². The van der Waals surface area contributed by atoms with Crippen LogP contribution in [-0.2, 0) is 14.4 Å². The Morgan fingerprint density at radius 3 is 2.51 bits per heavy atom. The number of carbonyl (C=O) groups excluding carboxylic acids is 3. The minimum atomic E-state index is -0.463. The number of fused-ring (bicyclic) bond motifs is 5. The molecule has 1 saturated heterocycles. The van der Waals surface area contributed by atoms with Crippen molar-refractivity contribution in [1.29, 1.82) is 0 Å². The molecular formula is C26H25FN4O4. The molecule has 180 valence electrons. The highest BCUT2D eigenvalue weighted by molar-refractivity contribution is 6.07. The summed E-state index contributed by atoms with van der Waals surface area (Å²) in [6, 6.07) is 10.9. The van der Waals surface area contributed by atoms with Gasteiger partial charge in [-0.15, -0.1) is 0 Å². The number of hydrazone groups is 1. The summed E-state index contributed by atoms with van der Waals surface area (Å²) in [5, 5.41) is 7.78. The fourth-order valence-electron chi connectivity index (χ4n) is 5.06. The van der Waals surface area contributed by atoms with Crippen molar-refractivity contribution >= 4 is 35.3 Å². The number of amides is 3. The van der Waals surface area contributed by atoms with Gasteiger partial charge in [0.1, 0.15) is 11.6 Å². The lowest BCUT2D eigenvalue weighted by Gasteiger charge is -2.16. The predicted molar refractivity (Wildman–Crippen MR) is 128 cm³/mol. The van der Waals surface area contributed by atoms with E-state index in [9.17, 15) is 18.8 Å². The van der Waals surface area contributed by atoms with E-state index in [1.165, 1.54) is 24.4 Å². The van der Waals surface area contributed by atoms with Crippen LogP contribution in [0.1, 0.15) is 12.0 Å². The highest BCUT2D eigenvalue weighted by Gasteiger charge is 2.59. The van der Waals surface area contributed by atoms with Gasteiger partial charge in [0.05, 0.1) is 18.1 Å². The lowest BCUT2D eigenvalue weighted by atomic mass is 9.85. The molecule has 4 unspecified atom stereocenters. The normalized spacial score (nSPS) is 24.4. The van der Waals surface area contributed by atoms with Crippen LogP contribution in [0, 0.1) is 29.5 Å². The first-order valence-corrected chi connectivity index (χ1v) is 11.4. The zero-order valence-electron chi connectivity index (χ0n) is 19.3. The number of benzene rings is 2. The van der Waals surface area contributed by atoms with E-state index in [0.29, 0.717) is 17.0 Å². The molecule has 8 nitrogen and oxygen atoms in total. The van der Waals surface area contributed by atoms with Crippen molar-refractivity contribution in [2.24, 2.45) is 28.8 Å². The Kier molecular flexibility index (Phi) is 5.84. The third-order valence-corrected chi connectivity index (χ3v) is 6.74. The van der Waals surface area contributed by atoms with Gasteiger partial charge in [0.25, 0.3) is 17.7 Å². The van der Waals surface area contributed by atoms with Gasteiger partial charge in [0, 0.05) is 37.1 Å². The van der Waals surface area contributed by atoms with Crippen LogP contribution in [-0.4, -0.2) is 49.6 Å². The molecule has 1 heterocycles. The van der Waals surface area contributed by atoms with Crippen LogP contribution in [0.4, 0.5) is 15.8 Å². The van der Waals surface area contributed by atoms with E-state index in [4.69, 9.17) is 4.74 Å². The Morgan fingerprint density at radius 1 is 1.14 bits per heavy atom. The number of anilines is 2. The summed E-state index contributed by atoms with van der Waals surface area (Å²) >= 11 is 0. The fourth-order valence-corrected chi connectivity index (χ4v) is 5.06. The predicted octanol–water partition coefficient (Wildman–Crippen LogP) is 3.05. The van der Waals surface area contributed by atoms with Gasteiger partial charge in [-0.25, -0.2) is 4.39 Å². The third-order valence-electron chi connectivity index (χ3n) is 6.74. The van der Waals surface area contributed by atoms with Gasteiger partial charge in [-0.3, -0.25) is 14.4 Å². The van der Waals surface area contributed by atoms with Crippen LogP contribution in [0.25, 0.3) is 0 Å². The van der Waals surface area contributed by atoms with Crippen molar-refractivity contribution in [3.05, 3.63) is 66.0 Å². The van der Waals surface area contributed by atoms with Gasteiger partial charge in [-0.1, -0.05) is 18.2 Å². The third kappa shape index (κ3) is 4.29. The lowest BCUT2D eigenvalue weighted by Crippen LogP contribution is -2.28. The minimum absolute atomic E-state index is 0.108. The molecule has 1 saturated carbocycles. The van der Waals surface area contributed by atoms with Gasteiger partial charge < -0.3 is 15.0 Å². The Hall–Kier alpha value is -4.01. The number of nitrogens with zero attached hydrogens (tertiary/aromatic N) is 3. The summed E-state index contributed by atoms with van der Waals surface area (Å²) in [7, 11) is 3.73. The molecule has 0 aromatic heterocycles. The molecule has 2 fully saturated rings. The summed E-state index contributed by atoms with van der Waals surface area (Å²) in [6.07, 6.45) is 6.33. The standard InChI is InChI=1S/C26H25FN4O4/c1-30(2)20-9-8-17(21(12-20)35-14-22(32)29-19-5-3-4-18(27)11-19)13-28-31-25(33)23-15-6-7-16(10-15)24(23)26(31)34/h3-9,11-13,15-16,23-24H,10,14H2,1-2H3,(H,29,32). The van der Waals surface area contributed by atoms with E-state index >= 15 is 0 Å². The molecule has 3 amide bonds. The molecule has 2 aliphatic carbocycles. The summed E-state index contributed by atoms with van der Waals surface area (Å²) in [5.41, 5.74) is 1.66. The molecule has 2 bridgehead atoms. The van der Waals surface area contributed by atoms with E-state index in [1.807, 2.05) is 37.2 Å². The van der Waals surface area contributed by atoms with Crippen LogP contribution >= 0.6 is 0 Å². The van der Waals surface area contributed by atoms with Crippen molar-refractivity contribution in [1.82, 2.24) is 5.01 Å². The first-order valence-electron chi connectivity index (χ1n) is 11.4. The number of rotatable bonds is 7. The van der Waals surface area contributed by atoms with Crippen molar-refractivity contribution in [3.8, 4) is 5.75 Å². The number of imide groups is 1. The van der Waals surface area contributed by atoms with Crippen LogP contribution in [0.3, 0.4) is 0 Å². The van der Waals surface area contributed by atoms with Gasteiger partial charge >= 0.3 is 0 Å². The second-order valence-electron chi connectivity index (χ2n) is 9.20. The molecule has 35 heavy (non-hydrogen) atoms. The van der Waals surface area contributed by atoms with Crippen LogP contribution in [0.15, 0.2) is 59.7 Å². The number of halogens is 1. The molecule has 0 spiro atoms. The van der Waals surface area contributed by atoms with Gasteiger partial charge in [0.2, 0.25) is 0 Å². The molecule has 9 heteroatoms. The van der Waals surface area contributed by atoms with Crippen LogP contribution < -0.4 is 15.0 Å². The fraction of sp³-hybridized carbons (Fsp3) is 0.308. The van der Waals surface area contributed by atoms with E-state index in [2.05, 4.69) is 10.4 Å². The number of carbonyl (C=O) groups is 3. The average Bonchev–Trinajstić information content (AvgIpc) is 3.51. The summed E-state index contributed by atoms with van der Waals surface area (Å²) < 4.78 is 19.1. The number of nitrogens with one attached hydrogen (secondary N) is 1. The highest BCUT2D eigenvalue weighted by atomic mass is 19.1. The lowest BCUT2D eigenvalue weighted by molar-refractivity contribution is -0.140. The second kappa shape index (κ2) is 8.98. The van der Waals surface area contributed by atoms with Crippen molar-refractivity contribution < 1.29 is 23.5 Å². The molecule has 2 aromatic rings. The molecular weight excluding hydrogens is 451 g/mol. The smallest absolute Gasteiger partial charge is 0.262 e. The molecule has 0 radical (unpaired) electrons. The summed E-state index contributed by atoms with van der Waals surface area (Å²) in [4.78, 5) is 40.0. The molecule has 2 aromatic carbocycles. The molecule has 1 N–H and O–H groups in total. The maximum absolute atomic E-state index is 13.4. The number of hydrogen-bond donors (Lipinski definition) is 1.